The zero-order valence-electron chi connectivity index (χ0n) is 17.1. The van der Waals surface area contributed by atoms with Gasteiger partial charge in [-0.2, -0.15) is 0 Å². The highest BCUT2D eigenvalue weighted by Crippen LogP contribution is 2.13. The summed E-state index contributed by atoms with van der Waals surface area (Å²) in [6, 6.07) is 13.7. The number of nitrogens with zero attached hydrogens (tertiary/aromatic N) is 1. The summed E-state index contributed by atoms with van der Waals surface area (Å²) in [7, 11) is -1.94. The van der Waals surface area contributed by atoms with Gasteiger partial charge in [-0.15, -0.1) is 0 Å². The molecule has 6 nitrogen and oxygen atoms in total. The minimum absolute atomic E-state index is 0.144. The van der Waals surface area contributed by atoms with Crippen LogP contribution in [0.3, 0.4) is 0 Å². The topological polar surface area (TPSA) is 83.6 Å². The van der Waals surface area contributed by atoms with Crippen molar-refractivity contribution in [3.8, 4) is 0 Å². The molecule has 0 aromatic heterocycles. The van der Waals surface area contributed by atoms with Crippen molar-refractivity contribution in [1.29, 1.82) is 0 Å². The third-order valence-electron chi connectivity index (χ3n) is 4.44. The molecule has 0 saturated carbocycles. The summed E-state index contributed by atoms with van der Waals surface area (Å²) in [5.41, 5.74) is 2.53. The Kier molecular flexibility index (Phi) is 7.96. The van der Waals surface area contributed by atoms with E-state index >= 15 is 0 Å². The highest BCUT2D eigenvalue weighted by Gasteiger charge is 2.19. The Morgan fingerprint density at radius 3 is 2.41 bits per heavy atom. The van der Waals surface area contributed by atoms with Crippen LogP contribution in [-0.2, 0) is 20.4 Å². The lowest BCUT2D eigenvalue weighted by Gasteiger charge is -2.17. The first-order valence-corrected chi connectivity index (χ1v) is 11.4. The van der Waals surface area contributed by atoms with Crippen molar-refractivity contribution in [2.24, 2.45) is 0 Å². The molecule has 0 aliphatic carbocycles. The molecule has 29 heavy (non-hydrogen) atoms. The Morgan fingerprint density at radius 2 is 1.76 bits per heavy atom. The number of amides is 2. The first-order valence-electron chi connectivity index (χ1n) is 9.61. The molecule has 0 spiro atoms. The molecule has 0 bridgehead atoms. The van der Waals surface area contributed by atoms with Gasteiger partial charge in [-0.05, 0) is 43.2 Å². The van der Waals surface area contributed by atoms with Gasteiger partial charge in [-0.3, -0.25) is 9.59 Å². The van der Waals surface area contributed by atoms with Gasteiger partial charge >= 0.3 is 0 Å². The van der Waals surface area contributed by atoms with Crippen LogP contribution in [0.4, 0.5) is 5.69 Å². The summed E-state index contributed by atoms with van der Waals surface area (Å²) in [6.45, 7) is 4.63. The van der Waals surface area contributed by atoms with Crippen molar-refractivity contribution in [2.75, 3.05) is 24.7 Å². The van der Waals surface area contributed by atoms with E-state index in [-0.39, 0.29) is 11.7 Å². The fourth-order valence-corrected chi connectivity index (χ4v) is 4.11. The maximum Gasteiger partial charge on any atom is 0.253 e. The molecular weight excluding hydrogens is 388 g/mol. The maximum absolute atomic E-state index is 12.5. The summed E-state index contributed by atoms with van der Waals surface area (Å²) in [6.07, 6.45) is 1.90. The number of unbranched alkanes of at least 4 members (excludes halogenated alkanes) is 1. The predicted octanol–water partition coefficient (Wildman–Crippen LogP) is 3.42. The van der Waals surface area contributed by atoms with Crippen LogP contribution in [0, 0.1) is 6.92 Å². The van der Waals surface area contributed by atoms with Gasteiger partial charge in [0.1, 0.15) is 5.75 Å². The molecule has 2 amide bonds. The molecule has 156 valence electrons. The minimum atomic E-state index is -3.68. The Morgan fingerprint density at radius 1 is 1.07 bits per heavy atom. The van der Waals surface area contributed by atoms with Gasteiger partial charge < -0.3 is 10.2 Å². The van der Waals surface area contributed by atoms with E-state index in [4.69, 9.17) is 0 Å². The number of carbonyl (C=O) groups excluding carboxylic acids is 2. The summed E-state index contributed by atoms with van der Waals surface area (Å²) in [5, 5.41) is 2.60. The van der Waals surface area contributed by atoms with Gasteiger partial charge in [0, 0.05) is 24.8 Å². The predicted molar refractivity (Wildman–Crippen MR) is 116 cm³/mol. The van der Waals surface area contributed by atoms with Crippen molar-refractivity contribution in [2.45, 2.75) is 32.4 Å². The van der Waals surface area contributed by atoms with E-state index in [2.05, 4.69) is 12.2 Å². The average Bonchev–Trinajstić information content (AvgIpc) is 2.66. The molecular formula is C22H28N2O4S. The summed E-state index contributed by atoms with van der Waals surface area (Å²) in [4.78, 5) is 26.2. The fraction of sp³-hybridized carbons (Fsp3) is 0.364. The number of hydrogen-bond donors (Lipinski definition) is 1. The molecule has 7 heteroatoms. The number of aryl methyl sites for hydroxylation is 1. The maximum atomic E-state index is 12.5. The quantitative estimate of drug-likeness (QED) is 0.679. The van der Waals surface area contributed by atoms with Crippen LogP contribution in [-0.4, -0.2) is 44.5 Å². The Balaban J connectivity index is 2.01. The average molecular weight is 417 g/mol. The van der Waals surface area contributed by atoms with E-state index in [1.165, 1.54) is 0 Å². The van der Waals surface area contributed by atoms with E-state index in [1.807, 2.05) is 19.1 Å². The third-order valence-corrected chi connectivity index (χ3v) is 5.92. The Bertz CT molecular complexity index is 953. The fourth-order valence-electron chi connectivity index (χ4n) is 2.85. The monoisotopic (exact) mass is 416 g/mol. The van der Waals surface area contributed by atoms with E-state index in [0.29, 0.717) is 23.4 Å². The van der Waals surface area contributed by atoms with Crippen LogP contribution < -0.4 is 5.32 Å². The highest BCUT2D eigenvalue weighted by molar-refractivity contribution is 7.91. The molecule has 0 atom stereocenters. The molecule has 0 fully saturated rings. The van der Waals surface area contributed by atoms with Crippen molar-refractivity contribution in [3.63, 3.8) is 0 Å². The van der Waals surface area contributed by atoms with Crippen LogP contribution in [0.1, 0.15) is 41.3 Å². The smallest absolute Gasteiger partial charge is 0.253 e. The van der Waals surface area contributed by atoms with Crippen LogP contribution in [0.25, 0.3) is 0 Å². The Hall–Kier alpha value is -2.67. The molecule has 2 rings (SSSR count). The molecule has 0 aliphatic heterocycles. The lowest BCUT2D eigenvalue weighted by molar-refractivity contribution is -0.113. The number of anilines is 1. The largest absolute Gasteiger partial charge is 0.342 e. The number of hydrogen-bond acceptors (Lipinski definition) is 4. The second-order valence-corrected chi connectivity index (χ2v) is 9.29. The normalized spacial score (nSPS) is 11.1. The molecule has 2 aromatic carbocycles. The van der Waals surface area contributed by atoms with Crippen molar-refractivity contribution < 1.29 is 18.0 Å². The van der Waals surface area contributed by atoms with Crippen LogP contribution in [0.2, 0.25) is 0 Å². The second-order valence-electron chi connectivity index (χ2n) is 7.23. The molecule has 2 aromatic rings. The number of carbonyl (C=O) groups is 2. The van der Waals surface area contributed by atoms with Gasteiger partial charge in [0.2, 0.25) is 5.91 Å². The van der Waals surface area contributed by atoms with Crippen LogP contribution in [0.5, 0.6) is 0 Å². The molecule has 1 N–H and O–H groups in total. The van der Waals surface area contributed by atoms with E-state index in [1.54, 1.807) is 48.3 Å². The number of benzene rings is 2. The van der Waals surface area contributed by atoms with Gasteiger partial charge in [0.05, 0.1) is 5.75 Å². The van der Waals surface area contributed by atoms with Crippen LogP contribution in [0.15, 0.2) is 48.5 Å². The lowest BCUT2D eigenvalue weighted by Crippen LogP contribution is -2.28. The Labute approximate surface area is 172 Å². The standard InChI is InChI=1S/C22H28N2O4S/c1-4-5-13-24(3)22(26)19-8-6-7-18(14-19)15-29(27,28)16-21(25)23-20-11-9-17(2)10-12-20/h6-12,14H,4-5,13,15-16H2,1-3H3,(H,23,25). The van der Waals surface area contributed by atoms with E-state index in [9.17, 15) is 18.0 Å². The second kappa shape index (κ2) is 10.2. The van der Waals surface area contributed by atoms with Crippen LogP contribution >= 0.6 is 0 Å². The first kappa shape index (κ1) is 22.6. The van der Waals surface area contributed by atoms with Crippen molar-refractivity contribution >= 4 is 27.3 Å². The zero-order valence-corrected chi connectivity index (χ0v) is 18.0. The lowest BCUT2D eigenvalue weighted by atomic mass is 10.1. The highest BCUT2D eigenvalue weighted by atomic mass is 32.2. The SMILES string of the molecule is CCCCN(C)C(=O)c1cccc(CS(=O)(=O)CC(=O)Nc2ccc(C)cc2)c1. The van der Waals surface area contributed by atoms with Gasteiger partial charge in [-0.1, -0.05) is 43.2 Å². The molecule has 0 heterocycles. The molecule has 0 radical (unpaired) electrons. The number of nitrogens with one attached hydrogen (secondary N) is 1. The number of sulfone groups is 1. The van der Waals surface area contributed by atoms with E-state index in [0.717, 1.165) is 18.4 Å². The zero-order chi connectivity index (χ0) is 21.4. The van der Waals surface area contributed by atoms with Crippen molar-refractivity contribution in [1.82, 2.24) is 4.90 Å². The van der Waals surface area contributed by atoms with Gasteiger partial charge in [0.15, 0.2) is 9.84 Å². The summed E-state index contributed by atoms with van der Waals surface area (Å²) in [5.74, 6) is -1.64. The van der Waals surface area contributed by atoms with Crippen molar-refractivity contribution in [3.05, 3.63) is 65.2 Å². The van der Waals surface area contributed by atoms with Gasteiger partial charge in [-0.25, -0.2) is 8.42 Å². The van der Waals surface area contributed by atoms with Gasteiger partial charge in [0.25, 0.3) is 5.91 Å². The summed E-state index contributed by atoms with van der Waals surface area (Å²) >= 11 is 0. The minimum Gasteiger partial charge on any atom is -0.342 e. The molecule has 0 aliphatic rings. The molecule has 0 saturated heterocycles. The summed E-state index contributed by atoms with van der Waals surface area (Å²) < 4.78 is 24.9. The first-order chi connectivity index (χ1) is 13.7. The molecule has 0 unspecified atom stereocenters. The third kappa shape index (κ3) is 7.34. The number of rotatable bonds is 9. The van der Waals surface area contributed by atoms with E-state index < -0.39 is 21.5 Å².